The first kappa shape index (κ1) is 11.9. The third-order valence-electron chi connectivity index (χ3n) is 1.93. The summed E-state index contributed by atoms with van der Waals surface area (Å²) in [5.74, 6) is -1.54. The minimum absolute atomic E-state index is 0.182. The quantitative estimate of drug-likeness (QED) is 0.721. The van der Waals surface area contributed by atoms with Crippen molar-refractivity contribution in [3.05, 3.63) is 42.7 Å². The molecule has 0 aliphatic heterocycles. The molecular formula is C11H12N2O3. The highest BCUT2D eigenvalue weighted by atomic mass is 16.4. The number of rotatable bonds is 5. The lowest BCUT2D eigenvalue weighted by Crippen LogP contribution is -2.40. The van der Waals surface area contributed by atoms with Crippen molar-refractivity contribution >= 4 is 11.9 Å². The molecule has 1 heterocycles. The standard InChI is InChI=1S/C11H12N2O3/c1-2-4-9(11(15)16)13-10(14)8-5-3-6-12-7-8/h2-3,5-7,9H,1,4H2,(H,13,14)(H,15,16)/t9-/m0/s1. The van der Waals surface area contributed by atoms with Crippen molar-refractivity contribution in [3.63, 3.8) is 0 Å². The second kappa shape index (κ2) is 5.65. The van der Waals surface area contributed by atoms with Crippen molar-refractivity contribution < 1.29 is 14.7 Å². The van der Waals surface area contributed by atoms with Gasteiger partial charge in [-0.1, -0.05) is 6.08 Å². The summed E-state index contributed by atoms with van der Waals surface area (Å²) in [5.41, 5.74) is 0.331. The summed E-state index contributed by atoms with van der Waals surface area (Å²) in [6, 6.07) is 2.22. The van der Waals surface area contributed by atoms with Gasteiger partial charge in [0, 0.05) is 12.4 Å². The third-order valence-corrected chi connectivity index (χ3v) is 1.93. The van der Waals surface area contributed by atoms with E-state index in [9.17, 15) is 9.59 Å². The number of aromatic nitrogens is 1. The van der Waals surface area contributed by atoms with Gasteiger partial charge in [0.2, 0.25) is 0 Å². The van der Waals surface area contributed by atoms with Gasteiger partial charge in [0.1, 0.15) is 6.04 Å². The average molecular weight is 220 g/mol. The Kier molecular flexibility index (Phi) is 4.20. The molecule has 5 nitrogen and oxygen atoms in total. The van der Waals surface area contributed by atoms with Crippen molar-refractivity contribution in [1.82, 2.24) is 10.3 Å². The summed E-state index contributed by atoms with van der Waals surface area (Å²) in [5, 5.41) is 11.2. The van der Waals surface area contributed by atoms with Crippen LogP contribution in [0.2, 0.25) is 0 Å². The van der Waals surface area contributed by atoms with Gasteiger partial charge in [-0.25, -0.2) is 4.79 Å². The van der Waals surface area contributed by atoms with E-state index in [1.165, 1.54) is 18.5 Å². The molecule has 0 saturated carbocycles. The fraction of sp³-hybridized carbons (Fsp3) is 0.182. The molecule has 1 atom stereocenters. The molecule has 5 heteroatoms. The molecule has 84 valence electrons. The number of carboxylic acid groups (broad SMARTS) is 1. The Labute approximate surface area is 92.8 Å². The van der Waals surface area contributed by atoms with Gasteiger partial charge in [-0.2, -0.15) is 0 Å². The molecule has 0 unspecified atom stereocenters. The Balaban J connectivity index is 2.69. The number of carbonyl (C=O) groups excluding carboxylic acids is 1. The highest BCUT2D eigenvalue weighted by Gasteiger charge is 2.18. The lowest BCUT2D eigenvalue weighted by molar-refractivity contribution is -0.139. The van der Waals surface area contributed by atoms with Crippen LogP contribution >= 0.6 is 0 Å². The normalized spacial score (nSPS) is 11.5. The number of nitrogens with zero attached hydrogens (tertiary/aromatic N) is 1. The Bertz CT molecular complexity index is 389. The van der Waals surface area contributed by atoms with Crippen LogP contribution < -0.4 is 5.32 Å². The number of hydrogen-bond donors (Lipinski definition) is 2. The fourth-order valence-electron chi connectivity index (χ4n) is 1.13. The van der Waals surface area contributed by atoms with Crippen molar-refractivity contribution in [2.24, 2.45) is 0 Å². The van der Waals surface area contributed by atoms with Gasteiger partial charge in [-0.15, -0.1) is 6.58 Å². The van der Waals surface area contributed by atoms with E-state index in [4.69, 9.17) is 5.11 Å². The van der Waals surface area contributed by atoms with E-state index in [1.54, 1.807) is 12.1 Å². The molecule has 0 aliphatic carbocycles. The van der Waals surface area contributed by atoms with Crippen LogP contribution in [0.15, 0.2) is 37.2 Å². The molecule has 0 aromatic carbocycles. The molecule has 2 N–H and O–H groups in total. The van der Waals surface area contributed by atoms with Crippen LogP contribution in [0, 0.1) is 0 Å². The lowest BCUT2D eigenvalue weighted by atomic mass is 10.2. The summed E-state index contributed by atoms with van der Waals surface area (Å²) >= 11 is 0. The lowest BCUT2D eigenvalue weighted by Gasteiger charge is -2.11. The van der Waals surface area contributed by atoms with Crippen LogP contribution in [0.3, 0.4) is 0 Å². The highest BCUT2D eigenvalue weighted by molar-refractivity contribution is 5.96. The van der Waals surface area contributed by atoms with Crippen LogP contribution in [-0.2, 0) is 4.79 Å². The number of carboxylic acids is 1. The fourth-order valence-corrected chi connectivity index (χ4v) is 1.13. The van der Waals surface area contributed by atoms with Crippen molar-refractivity contribution in [2.75, 3.05) is 0 Å². The molecule has 0 fully saturated rings. The molecule has 0 aliphatic rings. The van der Waals surface area contributed by atoms with Crippen LogP contribution in [0.25, 0.3) is 0 Å². The van der Waals surface area contributed by atoms with Gasteiger partial charge < -0.3 is 10.4 Å². The molecule has 0 spiro atoms. The second-order valence-corrected chi connectivity index (χ2v) is 3.13. The zero-order valence-electron chi connectivity index (χ0n) is 8.59. The number of hydrogen-bond acceptors (Lipinski definition) is 3. The molecular weight excluding hydrogens is 208 g/mol. The number of aliphatic carboxylic acids is 1. The van der Waals surface area contributed by atoms with Crippen LogP contribution in [0.5, 0.6) is 0 Å². The number of pyridine rings is 1. The maximum absolute atomic E-state index is 11.6. The SMILES string of the molecule is C=CC[C@H](NC(=O)c1cccnc1)C(=O)O. The molecule has 0 bridgehead atoms. The Morgan fingerprint density at radius 2 is 2.38 bits per heavy atom. The van der Waals surface area contributed by atoms with Gasteiger partial charge in [0.25, 0.3) is 5.91 Å². The highest BCUT2D eigenvalue weighted by Crippen LogP contribution is 1.99. The van der Waals surface area contributed by atoms with E-state index in [0.717, 1.165) is 0 Å². The summed E-state index contributed by atoms with van der Waals surface area (Å²) in [7, 11) is 0. The zero-order valence-corrected chi connectivity index (χ0v) is 8.59. The van der Waals surface area contributed by atoms with E-state index >= 15 is 0 Å². The summed E-state index contributed by atoms with van der Waals surface area (Å²) in [6.45, 7) is 3.44. The zero-order chi connectivity index (χ0) is 12.0. The topological polar surface area (TPSA) is 79.3 Å². The van der Waals surface area contributed by atoms with E-state index in [2.05, 4.69) is 16.9 Å². The maximum atomic E-state index is 11.6. The first-order valence-electron chi connectivity index (χ1n) is 4.69. The van der Waals surface area contributed by atoms with Crippen LogP contribution in [0.4, 0.5) is 0 Å². The van der Waals surface area contributed by atoms with Gasteiger partial charge in [0.15, 0.2) is 0 Å². The molecule has 16 heavy (non-hydrogen) atoms. The molecule has 0 saturated heterocycles. The Hall–Kier alpha value is -2.17. The summed E-state index contributed by atoms with van der Waals surface area (Å²) < 4.78 is 0. The predicted octanol–water partition coefficient (Wildman–Crippen LogP) is 0.841. The van der Waals surface area contributed by atoms with Crippen molar-refractivity contribution in [1.29, 1.82) is 0 Å². The van der Waals surface area contributed by atoms with Gasteiger partial charge in [-0.05, 0) is 18.6 Å². The summed E-state index contributed by atoms with van der Waals surface area (Å²) in [4.78, 5) is 26.1. The predicted molar refractivity (Wildman–Crippen MR) is 57.9 cm³/mol. The number of nitrogens with one attached hydrogen (secondary N) is 1. The van der Waals surface area contributed by atoms with E-state index in [-0.39, 0.29) is 6.42 Å². The van der Waals surface area contributed by atoms with Crippen molar-refractivity contribution in [3.8, 4) is 0 Å². The smallest absolute Gasteiger partial charge is 0.326 e. The van der Waals surface area contributed by atoms with Crippen molar-refractivity contribution in [2.45, 2.75) is 12.5 Å². The van der Waals surface area contributed by atoms with E-state index < -0.39 is 17.9 Å². The van der Waals surface area contributed by atoms with Crippen LogP contribution in [0.1, 0.15) is 16.8 Å². The molecule has 0 radical (unpaired) electrons. The van der Waals surface area contributed by atoms with Gasteiger partial charge >= 0.3 is 5.97 Å². The largest absolute Gasteiger partial charge is 0.480 e. The first-order valence-corrected chi connectivity index (χ1v) is 4.69. The summed E-state index contributed by atoms with van der Waals surface area (Å²) in [6.07, 6.45) is 4.54. The average Bonchev–Trinajstić information content (AvgIpc) is 2.29. The van der Waals surface area contributed by atoms with Gasteiger partial charge in [-0.3, -0.25) is 9.78 Å². The minimum Gasteiger partial charge on any atom is -0.480 e. The van der Waals surface area contributed by atoms with E-state index in [0.29, 0.717) is 5.56 Å². The number of carbonyl (C=O) groups is 2. The molecule has 1 aromatic rings. The second-order valence-electron chi connectivity index (χ2n) is 3.13. The molecule has 1 rings (SSSR count). The first-order chi connectivity index (χ1) is 7.65. The molecule has 1 amide bonds. The van der Waals surface area contributed by atoms with E-state index in [1.807, 2.05) is 0 Å². The monoisotopic (exact) mass is 220 g/mol. The van der Waals surface area contributed by atoms with Crippen LogP contribution in [-0.4, -0.2) is 28.0 Å². The number of amides is 1. The Morgan fingerprint density at radius 1 is 1.62 bits per heavy atom. The Morgan fingerprint density at radius 3 is 2.88 bits per heavy atom. The molecule has 1 aromatic heterocycles. The maximum Gasteiger partial charge on any atom is 0.326 e. The van der Waals surface area contributed by atoms with Gasteiger partial charge in [0.05, 0.1) is 5.56 Å². The third kappa shape index (κ3) is 3.20. The minimum atomic E-state index is -1.09.